The third-order valence-electron chi connectivity index (χ3n) is 3.29. The lowest BCUT2D eigenvalue weighted by atomic mass is 10.0. The maximum absolute atomic E-state index is 12.2. The molecule has 0 spiro atoms. The van der Waals surface area contributed by atoms with Gasteiger partial charge in [0, 0.05) is 4.47 Å². The molecule has 2 rings (SSSR count). The Hall–Kier alpha value is -2.14. The number of amides is 1. The van der Waals surface area contributed by atoms with Gasteiger partial charge in [0.05, 0.1) is 5.56 Å². The molecule has 1 amide bonds. The summed E-state index contributed by atoms with van der Waals surface area (Å²) in [7, 11) is 0. The van der Waals surface area contributed by atoms with Gasteiger partial charge in [-0.25, -0.2) is 4.79 Å². The number of aliphatic carboxylic acids is 1. The second-order valence-electron chi connectivity index (χ2n) is 4.87. The summed E-state index contributed by atoms with van der Waals surface area (Å²) < 4.78 is 0.639. The molecule has 4 nitrogen and oxygen atoms in total. The van der Waals surface area contributed by atoms with Crippen LogP contribution in [0.3, 0.4) is 0 Å². The number of rotatable bonds is 6. The van der Waals surface area contributed by atoms with E-state index < -0.39 is 17.9 Å². The lowest BCUT2D eigenvalue weighted by Gasteiger charge is -2.15. The number of carboxylic acids is 1. The third kappa shape index (κ3) is 4.43. The maximum atomic E-state index is 12.2. The SMILES string of the molecule is O=C(N[C@@H](CCc1ccccc1)C(=O)O)c1ccccc1Br. The van der Waals surface area contributed by atoms with E-state index in [-0.39, 0.29) is 0 Å². The molecule has 0 fully saturated rings. The fourth-order valence-corrected chi connectivity index (χ4v) is 2.56. The summed E-state index contributed by atoms with van der Waals surface area (Å²) >= 11 is 3.29. The highest BCUT2D eigenvalue weighted by Crippen LogP contribution is 2.16. The Bertz CT molecular complexity index is 658. The van der Waals surface area contributed by atoms with E-state index in [9.17, 15) is 14.7 Å². The molecular weight excluding hydrogens is 346 g/mol. The predicted octanol–water partition coefficient (Wildman–Crippen LogP) is 3.26. The molecule has 114 valence electrons. The van der Waals surface area contributed by atoms with Crippen molar-refractivity contribution in [2.24, 2.45) is 0 Å². The van der Waals surface area contributed by atoms with E-state index in [1.165, 1.54) is 0 Å². The van der Waals surface area contributed by atoms with Gasteiger partial charge >= 0.3 is 5.97 Å². The number of carbonyl (C=O) groups is 2. The van der Waals surface area contributed by atoms with Gasteiger partial charge in [0.25, 0.3) is 5.91 Å². The Morgan fingerprint density at radius 2 is 1.68 bits per heavy atom. The van der Waals surface area contributed by atoms with Gasteiger partial charge in [0.15, 0.2) is 0 Å². The highest BCUT2D eigenvalue weighted by molar-refractivity contribution is 9.10. The average molecular weight is 362 g/mol. The van der Waals surface area contributed by atoms with Crippen molar-refractivity contribution in [1.82, 2.24) is 5.32 Å². The molecule has 2 aromatic carbocycles. The van der Waals surface area contributed by atoms with Crippen LogP contribution in [0.1, 0.15) is 22.3 Å². The summed E-state index contributed by atoms with van der Waals surface area (Å²) in [6.07, 6.45) is 0.934. The van der Waals surface area contributed by atoms with Crippen LogP contribution in [-0.4, -0.2) is 23.0 Å². The van der Waals surface area contributed by atoms with Crippen LogP contribution in [0.25, 0.3) is 0 Å². The molecule has 2 aromatic rings. The second-order valence-corrected chi connectivity index (χ2v) is 5.72. The van der Waals surface area contributed by atoms with E-state index in [0.29, 0.717) is 22.9 Å². The molecule has 0 aromatic heterocycles. The monoisotopic (exact) mass is 361 g/mol. The van der Waals surface area contributed by atoms with Crippen LogP contribution >= 0.6 is 15.9 Å². The molecule has 5 heteroatoms. The zero-order chi connectivity index (χ0) is 15.9. The first kappa shape index (κ1) is 16.2. The van der Waals surface area contributed by atoms with E-state index in [1.54, 1.807) is 24.3 Å². The fraction of sp³-hybridized carbons (Fsp3) is 0.176. The topological polar surface area (TPSA) is 66.4 Å². The number of aryl methyl sites for hydroxylation is 1. The molecule has 0 bridgehead atoms. The number of hydrogen-bond donors (Lipinski definition) is 2. The van der Waals surface area contributed by atoms with Gasteiger partial charge < -0.3 is 10.4 Å². The second kappa shape index (κ2) is 7.75. The van der Waals surface area contributed by atoms with Crippen molar-refractivity contribution in [3.63, 3.8) is 0 Å². The van der Waals surface area contributed by atoms with Crippen LogP contribution in [0.2, 0.25) is 0 Å². The highest BCUT2D eigenvalue weighted by atomic mass is 79.9. The summed E-state index contributed by atoms with van der Waals surface area (Å²) in [5, 5.41) is 11.9. The minimum Gasteiger partial charge on any atom is -0.480 e. The van der Waals surface area contributed by atoms with Gasteiger partial charge in [-0.15, -0.1) is 0 Å². The molecule has 2 N–H and O–H groups in total. The van der Waals surface area contributed by atoms with Gasteiger partial charge in [0.1, 0.15) is 6.04 Å². The van der Waals surface area contributed by atoms with Gasteiger partial charge in [-0.1, -0.05) is 42.5 Å². The van der Waals surface area contributed by atoms with Crippen LogP contribution in [-0.2, 0) is 11.2 Å². The molecule has 0 radical (unpaired) electrons. The zero-order valence-electron chi connectivity index (χ0n) is 11.8. The number of nitrogens with one attached hydrogen (secondary N) is 1. The molecular formula is C17H16BrNO3. The van der Waals surface area contributed by atoms with Gasteiger partial charge in [-0.2, -0.15) is 0 Å². The summed E-state index contributed by atoms with van der Waals surface area (Å²) in [6.45, 7) is 0. The minimum atomic E-state index is -1.03. The smallest absolute Gasteiger partial charge is 0.326 e. The molecule has 0 saturated heterocycles. The lowest BCUT2D eigenvalue weighted by molar-refractivity contribution is -0.139. The molecule has 0 aliphatic rings. The average Bonchev–Trinajstić information content (AvgIpc) is 2.52. The van der Waals surface area contributed by atoms with Crippen molar-refractivity contribution >= 4 is 27.8 Å². The van der Waals surface area contributed by atoms with Crippen molar-refractivity contribution in [3.05, 3.63) is 70.2 Å². The molecule has 0 aliphatic heterocycles. The van der Waals surface area contributed by atoms with Gasteiger partial charge in [-0.3, -0.25) is 4.79 Å². The first-order valence-electron chi connectivity index (χ1n) is 6.90. The van der Waals surface area contributed by atoms with Gasteiger partial charge in [0.2, 0.25) is 0 Å². The van der Waals surface area contributed by atoms with Crippen LogP contribution in [0.4, 0.5) is 0 Å². The van der Waals surface area contributed by atoms with Crippen molar-refractivity contribution in [2.75, 3.05) is 0 Å². The van der Waals surface area contributed by atoms with E-state index in [4.69, 9.17) is 0 Å². The van der Waals surface area contributed by atoms with Crippen LogP contribution in [0, 0.1) is 0 Å². The number of benzene rings is 2. The molecule has 0 aliphatic carbocycles. The summed E-state index contributed by atoms with van der Waals surface area (Å²) in [4.78, 5) is 23.5. The van der Waals surface area contributed by atoms with Crippen LogP contribution in [0.5, 0.6) is 0 Å². The lowest BCUT2D eigenvalue weighted by Crippen LogP contribution is -2.41. The van der Waals surface area contributed by atoms with Crippen molar-refractivity contribution in [2.45, 2.75) is 18.9 Å². The quantitative estimate of drug-likeness (QED) is 0.829. The van der Waals surface area contributed by atoms with E-state index in [2.05, 4.69) is 21.2 Å². The fourth-order valence-electron chi connectivity index (χ4n) is 2.09. The van der Waals surface area contributed by atoms with Crippen molar-refractivity contribution < 1.29 is 14.7 Å². The number of carbonyl (C=O) groups excluding carboxylic acids is 1. The van der Waals surface area contributed by atoms with Gasteiger partial charge in [-0.05, 0) is 46.5 Å². The summed E-state index contributed by atoms with van der Waals surface area (Å²) in [5.41, 5.74) is 1.47. The normalized spacial score (nSPS) is 11.7. The Morgan fingerprint density at radius 1 is 1.05 bits per heavy atom. The summed E-state index contributed by atoms with van der Waals surface area (Å²) in [5.74, 6) is -1.43. The molecule has 22 heavy (non-hydrogen) atoms. The molecule has 0 heterocycles. The third-order valence-corrected chi connectivity index (χ3v) is 3.98. The van der Waals surface area contributed by atoms with Crippen molar-refractivity contribution in [3.8, 4) is 0 Å². The Morgan fingerprint density at radius 3 is 2.32 bits per heavy atom. The maximum Gasteiger partial charge on any atom is 0.326 e. The molecule has 1 atom stereocenters. The number of hydrogen-bond acceptors (Lipinski definition) is 2. The van der Waals surface area contributed by atoms with E-state index in [1.807, 2.05) is 30.3 Å². The largest absolute Gasteiger partial charge is 0.480 e. The number of halogens is 1. The zero-order valence-corrected chi connectivity index (χ0v) is 13.4. The van der Waals surface area contributed by atoms with Crippen LogP contribution < -0.4 is 5.32 Å². The Balaban J connectivity index is 2.01. The summed E-state index contributed by atoms with van der Waals surface area (Å²) in [6, 6.07) is 15.6. The van der Waals surface area contributed by atoms with E-state index in [0.717, 1.165) is 5.56 Å². The standard InChI is InChI=1S/C17H16BrNO3/c18-14-9-5-4-8-13(14)16(20)19-15(17(21)22)11-10-12-6-2-1-3-7-12/h1-9,15H,10-11H2,(H,19,20)(H,21,22)/t15-/m0/s1. The first-order chi connectivity index (χ1) is 10.6. The minimum absolute atomic E-state index is 0.343. The Labute approximate surface area is 137 Å². The Kier molecular flexibility index (Phi) is 5.72. The van der Waals surface area contributed by atoms with Crippen LogP contribution in [0.15, 0.2) is 59.1 Å². The first-order valence-corrected chi connectivity index (χ1v) is 7.69. The highest BCUT2D eigenvalue weighted by Gasteiger charge is 2.21. The molecule has 0 unspecified atom stereocenters. The van der Waals surface area contributed by atoms with Crippen molar-refractivity contribution in [1.29, 1.82) is 0 Å². The molecule has 0 saturated carbocycles. The van der Waals surface area contributed by atoms with E-state index >= 15 is 0 Å². The number of carboxylic acid groups (broad SMARTS) is 1. The predicted molar refractivity (Wildman–Crippen MR) is 87.8 cm³/mol.